The minimum atomic E-state index is -0.740. The molecule has 1 saturated heterocycles. The molecule has 0 saturated carbocycles. The summed E-state index contributed by atoms with van der Waals surface area (Å²) in [6, 6.07) is 13.6. The molecule has 2 aromatic carbocycles. The Bertz CT molecular complexity index is 927. The average Bonchev–Trinajstić information content (AvgIpc) is 2.77. The Morgan fingerprint density at radius 3 is 2.40 bits per heavy atom. The number of amides is 2. The summed E-state index contributed by atoms with van der Waals surface area (Å²) in [4.78, 5) is 38.5. The minimum Gasteiger partial charge on any atom is -0.497 e. The van der Waals surface area contributed by atoms with Crippen LogP contribution in [0.2, 0.25) is 0 Å². The number of ether oxygens (including phenoxy) is 3. The third-order valence-electron chi connectivity index (χ3n) is 5.06. The molecule has 30 heavy (non-hydrogen) atoms. The van der Waals surface area contributed by atoms with E-state index in [4.69, 9.17) is 19.9 Å². The van der Waals surface area contributed by atoms with Crippen molar-refractivity contribution in [2.75, 3.05) is 25.7 Å². The highest BCUT2D eigenvalue weighted by Crippen LogP contribution is 2.43. The highest BCUT2D eigenvalue weighted by atomic mass is 16.5. The SMILES string of the molecule is COc1ccc(N2C(=O)CC[C@@H](C(=O)OCC(N)=O)[C@@H]2c2ccccc2OC)cc1. The number of nitrogens with zero attached hydrogens (tertiary/aromatic N) is 1. The van der Waals surface area contributed by atoms with Crippen LogP contribution in [0.3, 0.4) is 0 Å². The van der Waals surface area contributed by atoms with Gasteiger partial charge in [0, 0.05) is 17.7 Å². The standard InChI is InChI=1S/C22H24N2O6/c1-28-15-9-7-14(8-10-15)24-20(26)12-11-17(22(27)30-13-19(23)25)21(24)16-5-3-4-6-18(16)29-2/h3-10,17,21H,11-13H2,1-2H3,(H2,23,25)/t17-,21+/m1/s1. The molecular formula is C22H24N2O6. The molecule has 0 radical (unpaired) electrons. The van der Waals surface area contributed by atoms with Crippen molar-refractivity contribution in [2.24, 2.45) is 11.7 Å². The van der Waals surface area contributed by atoms with E-state index in [2.05, 4.69) is 0 Å². The van der Waals surface area contributed by atoms with Gasteiger partial charge in [-0.3, -0.25) is 14.4 Å². The van der Waals surface area contributed by atoms with Gasteiger partial charge in [-0.25, -0.2) is 0 Å². The smallest absolute Gasteiger partial charge is 0.311 e. The van der Waals surface area contributed by atoms with Gasteiger partial charge in [0.2, 0.25) is 5.91 Å². The van der Waals surface area contributed by atoms with Crippen molar-refractivity contribution in [2.45, 2.75) is 18.9 Å². The normalized spacial score (nSPS) is 18.6. The number of carbonyl (C=O) groups excluding carboxylic acids is 3. The van der Waals surface area contributed by atoms with Crippen LogP contribution >= 0.6 is 0 Å². The van der Waals surface area contributed by atoms with Gasteiger partial charge in [-0.2, -0.15) is 0 Å². The van der Waals surface area contributed by atoms with Gasteiger partial charge in [0.05, 0.1) is 26.2 Å². The van der Waals surface area contributed by atoms with Crippen LogP contribution in [-0.2, 0) is 19.1 Å². The Morgan fingerprint density at radius 2 is 1.77 bits per heavy atom. The molecule has 2 aromatic rings. The van der Waals surface area contributed by atoms with Crippen LogP contribution in [0.15, 0.2) is 48.5 Å². The number of nitrogens with two attached hydrogens (primary N) is 1. The van der Waals surface area contributed by atoms with Gasteiger partial charge in [0.1, 0.15) is 11.5 Å². The maximum atomic E-state index is 13.0. The highest BCUT2D eigenvalue weighted by molar-refractivity contribution is 5.97. The first-order chi connectivity index (χ1) is 14.5. The first-order valence-corrected chi connectivity index (χ1v) is 9.50. The van der Waals surface area contributed by atoms with Crippen molar-refractivity contribution in [3.63, 3.8) is 0 Å². The van der Waals surface area contributed by atoms with Crippen molar-refractivity contribution in [3.05, 3.63) is 54.1 Å². The van der Waals surface area contributed by atoms with Crippen LogP contribution in [0.25, 0.3) is 0 Å². The average molecular weight is 412 g/mol. The lowest BCUT2D eigenvalue weighted by Gasteiger charge is -2.40. The summed E-state index contributed by atoms with van der Waals surface area (Å²) in [5.41, 5.74) is 6.40. The lowest BCUT2D eigenvalue weighted by molar-refractivity contribution is -0.154. The quantitative estimate of drug-likeness (QED) is 0.699. The Labute approximate surface area is 174 Å². The van der Waals surface area contributed by atoms with Gasteiger partial charge in [-0.1, -0.05) is 18.2 Å². The van der Waals surface area contributed by atoms with Crippen molar-refractivity contribution in [1.29, 1.82) is 0 Å². The Morgan fingerprint density at radius 1 is 1.07 bits per heavy atom. The molecule has 8 nitrogen and oxygen atoms in total. The van der Waals surface area contributed by atoms with Crippen LogP contribution in [-0.4, -0.2) is 38.6 Å². The summed E-state index contributed by atoms with van der Waals surface area (Å²) in [5, 5.41) is 0. The fraction of sp³-hybridized carbons (Fsp3) is 0.318. The second kappa shape index (κ2) is 9.30. The summed E-state index contributed by atoms with van der Waals surface area (Å²) >= 11 is 0. The Hall–Kier alpha value is -3.55. The molecule has 158 valence electrons. The lowest BCUT2D eigenvalue weighted by Crippen LogP contribution is -2.46. The number of anilines is 1. The molecule has 1 fully saturated rings. The summed E-state index contributed by atoms with van der Waals surface area (Å²) in [5.74, 6) is -0.958. The third-order valence-corrected chi connectivity index (χ3v) is 5.06. The molecule has 1 aliphatic heterocycles. The second-order valence-electron chi connectivity index (χ2n) is 6.87. The zero-order valence-electron chi connectivity index (χ0n) is 16.9. The zero-order valence-corrected chi connectivity index (χ0v) is 16.9. The van der Waals surface area contributed by atoms with Crippen molar-refractivity contribution in [1.82, 2.24) is 0 Å². The van der Waals surface area contributed by atoms with Gasteiger partial charge in [-0.15, -0.1) is 0 Å². The van der Waals surface area contributed by atoms with Crippen LogP contribution in [0.4, 0.5) is 5.69 Å². The van der Waals surface area contributed by atoms with Crippen LogP contribution in [0.1, 0.15) is 24.4 Å². The fourth-order valence-corrected chi connectivity index (χ4v) is 3.70. The zero-order chi connectivity index (χ0) is 21.7. The fourth-order valence-electron chi connectivity index (χ4n) is 3.70. The molecule has 0 spiro atoms. The molecule has 1 heterocycles. The number of rotatable bonds is 7. The Kier molecular flexibility index (Phi) is 6.56. The minimum absolute atomic E-state index is 0.130. The summed E-state index contributed by atoms with van der Waals surface area (Å²) < 4.78 is 15.8. The van der Waals surface area contributed by atoms with E-state index in [1.165, 1.54) is 7.11 Å². The van der Waals surface area contributed by atoms with Gasteiger partial charge < -0.3 is 24.8 Å². The maximum Gasteiger partial charge on any atom is 0.311 e. The predicted molar refractivity (Wildman–Crippen MR) is 109 cm³/mol. The Balaban J connectivity index is 2.07. The van der Waals surface area contributed by atoms with E-state index >= 15 is 0 Å². The molecular weight excluding hydrogens is 388 g/mol. The molecule has 8 heteroatoms. The van der Waals surface area contributed by atoms with E-state index < -0.39 is 30.4 Å². The van der Waals surface area contributed by atoms with Gasteiger partial charge in [0.25, 0.3) is 5.91 Å². The lowest BCUT2D eigenvalue weighted by atomic mass is 9.83. The molecule has 1 aliphatic rings. The van der Waals surface area contributed by atoms with E-state index in [1.807, 2.05) is 18.2 Å². The van der Waals surface area contributed by atoms with E-state index in [0.29, 0.717) is 22.7 Å². The maximum absolute atomic E-state index is 13.0. The van der Waals surface area contributed by atoms with Crippen LogP contribution in [0, 0.1) is 5.92 Å². The third kappa shape index (κ3) is 4.37. The molecule has 0 unspecified atom stereocenters. The largest absolute Gasteiger partial charge is 0.497 e. The van der Waals surface area contributed by atoms with E-state index in [9.17, 15) is 14.4 Å². The van der Waals surface area contributed by atoms with Gasteiger partial charge in [0.15, 0.2) is 6.61 Å². The molecule has 3 rings (SSSR count). The first-order valence-electron chi connectivity index (χ1n) is 9.50. The molecule has 2 N–H and O–H groups in total. The number of para-hydroxylation sites is 1. The van der Waals surface area contributed by atoms with Gasteiger partial charge in [-0.05, 0) is 36.8 Å². The number of esters is 1. The number of primary amides is 1. The topological polar surface area (TPSA) is 108 Å². The second-order valence-corrected chi connectivity index (χ2v) is 6.87. The summed E-state index contributed by atoms with van der Waals surface area (Å²) in [7, 11) is 3.09. The number of hydrogen-bond donors (Lipinski definition) is 1. The van der Waals surface area contributed by atoms with E-state index in [1.54, 1.807) is 42.3 Å². The van der Waals surface area contributed by atoms with Crippen molar-refractivity contribution >= 4 is 23.5 Å². The summed E-state index contributed by atoms with van der Waals surface area (Å²) in [6.45, 7) is -0.509. The monoisotopic (exact) mass is 412 g/mol. The molecule has 2 atom stereocenters. The molecule has 0 bridgehead atoms. The number of methoxy groups -OCH3 is 2. The highest BCUT2D eigenvalue weighted by Gasteiger charge is 2.43. The molecule has 0 aliphatic carbocycles. The number of piperidine rings is 1. The predicted octanol–water partition coefficient (Wildman–Crippen LogP) is 2.22. The van der Waals surface area contributed by atoms with E-state index in [-0.39, 0.29) is 18.7 Å². The number of benzene rings is 2. The van der Waals surface area contributed by atoms with E-state index in [0.717, 1.165) is 0 Å². The number of carbonyl (C=O) groups is 3. The van der Waals surface area contributed by atoms with Gasteiger partial charge >= 0.3 is 5.97 Å². The number of hydrogen-bond acceptors (Lipinski definition) is 6. The summed E-state index contributed by atoms with van der Waals surface area (Å²) in [6.07, 6.45) is 0.444. The van der Waals surface area contributed by atoms with Crippen molar-refractivity contribution in [3.8, 4) is 11.5 Å². The first kappa shape index (κ1) is 21.2. The van der Waals surface area contributed by atoms with Crippen molar-refractivity contribution < 1.29 is 28.6 Å². The molecule has 0 aromatic heterocycles. The van der Waals surface area contributed by atoms with Crippen LogP contribution in [0.5, 0.6) is 11.5 Å². The van der Waals surface area contributed by atoms with Crippen LogP contribution < -0.4 is 20.1 Å². The molecule has 2 amide bonds.